The van der Waals surface area contributed by atoms with Gasteiger partial charge in [-0.1, -0.05) is 12.1 Å². The van der Waals surface area contributed by atoms with Crippen molar-refractivity contribution in [3.63, 3.8) is 0 Å². The van der Waals surface area contributed by atoms with Crippen molar-refractivity contribution in [2.75, 3.05) is 0 Å². The van der Waals surface area contributed by atoms with Gasteiger partial charge in [-0.3, -0.25) is 14.5 Å². The fourth-order valence-corrected chi connectivity index (χ4v) is 3.52. The summed E-state index contributed by atoms with van der Waals surface area (Å²) in [5.74, 6) is 0. The summed E-state index contributed by atoms with van der Waals surface area (Å²) in [6.45, 7) is 2.03. The van der Waals surface area contributed by atoms with Crippen molar-refractivity contribution < 1.29 is 0 Å². The Morgan fingerprint density at radius 2 is 1.93 bits per heavy atom. The van der Waals surface area contributed by atoms with E-state index in [1.54, 1.807) is 33.9 Å². The van der Waals surface area contributed by atoms with Crippen LogP contribution in [-0.2, 0) is 7.05 Å². The third-order valence-corrected chi connectivity index (χ3v) is 4.78. The van der Waals surface area contributed by atoms with E-state index >= 15 is 0 Å². The van der Waals surface area contributed by atoms with Gasteiger partial charge in [0.1, 0.15) is 5.65 Å². The molecule has 0 aliphatic heterocycles. The average molecular weight is 356 g/mol. The Kier molecular flexibility index (Phi) is 3.24. The van der Waals surface area contributed by atoms with Gasteiger partial charge in [-0.05, 0) is 30.7 Å². The van der Waals surface area contributed by atoms with Crippen molar-refractivity contribution in [2.24, 2.45) is 7.05 Å². The number of aryl methyl sites for hydroxylation is 2. The summed E-state index contributed by atoms with van der Waals surface area (Å²) in [5.41, 5.74) is 5.84. The lowest BCUT2D eigenvalue weighted by Gasteiger charge is -2.10. The van der Waals surface area contributed by atoms with Gasteiger partial charge in [-0.25, -0.2) is 4.52 Å². The Hall–Kier alpha value is -3.74. The van der Waals surface area contributed by atoms with Gasteiger partial charge in [0.05, 0.1) is 29.0 Å². The molecule has 0 amide bonds. The summed E-state index contributed by atoms with van der Waals surface area (Å²) >= 11 is 0. The molecule has 0 atom stereocenters. The Balaban J connectivity index is 1.87. The molecule has 0 spiro atoms. The van der Waals surface area contributed by atoms with E-state index in [-0.39, 0.29) is 5.56 Å². The maximum atomic E-state index is 12.6. The topological polar surface area (TPSA) is 80.9 Å². The van der Waals surface area contributed by atoms with Crippen molar-refractivity contribution in [1.29, 1.82) is 0 Å². The first-order valence-electron chi connectivity index (χ1n) is 8.57. The molecule has 1 N–H and O–H groups in total. The van der Waals surface area contributed by atoms with E-state index in [2.05, 4.69) is 20.2 Å². The first-order valence-corrected chi connectivity index (χ1v) is 8.57. The number of rotatable bonds is 2. The normalized spacial score (nSPS) is 11.5. The number of fused-ring (bicyclic) bond motifs is 3. The average Bonchev–Trinajstić information content (AvgIpc) is 3.28. The second kappa shape index (κ2) is 5.63. The van der Waals surface area contributed by atoms with Crippen LogP contribution in [0.1, 0.15) is 5.56 Å². The first kappa shape index (κ1) is 15.5. The Morgan fingerprint density at radius 1 is 1.07 bits per heavy atom. The minimum atomic E-state index is -0.135. The minimum Gasteiger partial charge on any atom is -0.306 e. The number of nitrogens with one attached hydrogen (secondary N) is 1. The monoisotopic (exact) mass is 356 g/mol. The molecule has 4 heterocycles. The second-order valence-corrected chi connectivity index (χ2v) is 6.54. The minimum absolute atomic E-state index is 0.135. The molecule has 0 aliphatic carbocycles. The first-order chi connectivity index (χ1) is 13.1. The van der Waals surface area contributed by atoms with Gasteiger partial charge in [0.2, 0.25) is 0 Å². The molecule has 1 aromatic carbocycles. The van der Waals surface area contributed by atoms with Gasteiger partial charge in [-0.15, -0.1) is 0 Å². The van der Waals surface area contributed by atoms with Crippen LogP contribution in [0.15, 0.2) is 59.9 Å². The molecule has 5 rings (SSSR count). The SMILES string of the molecule is Cc1ccnc(-c2cnn(C)c2)c1-c1cnn2c1[nH]c(=O)c1ccccc12. The fourth-order valence-electron chi connectivity index (χ4n) is 3.52. The molecule has 7 nitrogen and oxygen atoms in total. The van der Waals surface area contributed by atoms with Crippen molar-refractivity contribution in [3.05, 3.63) is 71.0 Å². The van der Waals surface area contributed by atoms with Gasteiger partial charge in [-0.2, -0.15) is 10.2 Å². The number of aromatic amines is 1. The lowest BCUT2D eigenvalue weighted by atomic mass is 9.99. The zero-order valence-corrected chi connectivity index (χ0v) is 14.8. The van der Waals surface area contributed by atoms with Gasteiger partial charge in [0.25, 0.3) is 5.56 Å². The van der Waals surface area contributed by atoms with Gasteiger partial charge in [0, 0.05) is 36.1 Å². The van der Waals surface area contributed by atoms with Crippen LogP contribution in [-0.4, -0.2) is 29.4 Å². The highest BCUT2D eigenvalue weighted by Crippen LogP contribution is 2.34. The molecule has 0 unspecified atom stereocenters. The van der Waals surface area contributed by atoms with Crippen molar-refractivity contribution in [2.45, 2.75) is 6.92 Å². The Morgan fingerprint density at radius 3 is 2.74 bits per heavy atom. The number of para-hydroxylation sites is 1. The number of H-pyrrole nitrogens is 1. The van der Waals surface area contributed by atoms with E-state index in [1.807, 2.05) is 44.4 Å². The highest BCUT2D eigenvalue weighted by molar-refractivity contribution is 5.91. The summed E-state index contributed by atoms with van der Waals surface area (Å²) in [6, 6.07) is 9.40. The van der Waals surface area contributed by atoms with Crippen molar-refractivity contribution >= 4 is 16.6 Å². The van der Waals surface area contributed by atoms with Crippen LogP contribution in [0.25, 0.3) is 38.9 Å². The highest BCUT2D eigenvalue weighted by atomic mass is 16.1. The maximum Gasteiger partial charge on any atom is 0.259 e. The van der Waals surface area contributed by atoms with Crippen molar-refractivity contribution in [1.82, 2.24) is 29.4 Å². The van der Waals surface area contributed by atoms with E-state index in [4.69, 9.17) is 0 Å². The zero-order chi connectivity index (χ0) is 18.5. The lowest BCUT2D eigenvalue weighted by Crippen LogP contribution is -2.10. The van der Waals surface area contributed by atoms with E-state index in [0.717, 1.165) is 33.5 Å². The predicted octanol–water partition coefficient (Wildman–Crippen LogP) is 2.95. The summed E-state index contributed by atoms with van der Waals surface area (Å²) in [4.78, 5) is 20.2. The van der Waals surface area contributed by atoms with Crippen LogP contribution in [0.3, 0.4) is 0 Å². The summed E-state index contributed by atoms with van der Waals surface area (Å²) < 4.78 is 3.51. The van der Waals surface area contributed by atoms with E-state index < -0.39 is 0 Å². The maximum absolute atomic E-state index is 12.6. The summed E-state index contributed by atoms with van der Waals surface area (Å²) in [5, 5.41) is 9.41. The fraction of sp³-hybridized carbons (Fsp3) is 0.100. The van der Waals surface area contributed by atoms with E-state index in [1.165, 1.54) is 0 Å². The third kappa shape index (κ3) is 2.28. The third-order valence-electron chi connectivity index (χ3n) is 4.78. The van der Waals surface area contributed by atoms with E-state index in [0.29, 0.717) is 11.0 Å². The van der Waals surface area contributed by atoms with Crippen LogP contribution < -0.4 is 5.56 Å². The molecule has 27 heavy (non-hydrogen) atoms. The lowest BCUT2D eigenvalue weighted by molar-refractivity contribution is 0.768. The largest absolute Gasteiger partial charge is 0.306 e. The van der Waals surface area contributed by atoms with Crippen LogP contribution in [0, 0.1) is 6.92 Å². The predicted molar refractivity (Wildman–Crippen MR) is 103 cm³/mol. The molecule has 7 heteroatoms. The van der Waals surface area contributed by atoms with Crippen LogP contribution >= 0.6 is 0 Å². The quantitative estimate of drug-likeness (QED) is 0.527. The molecule has 0 saturated carbocycles. The van der Waals surface area contributed by atoms with Crippen LogP contribution in [0.2, 0.25) is 0 Å². The molecule has 4 aromatic heterocycles. The number of benzene rings is 1. The molecule has 5 aromatic rings. The Bertz CT molecular complexity index is 1370. The molecule has 132 valence electrons. The summed E-state index contributed by atoms with van der Waals surface area (Å²) in [7, 11) is 1.87. The molecule has 0 radical (unpaired) electrons. The summed E-state index contributed by atoms with van der Waals surface area (Å²) in [6.07, 6.45) is 7.27. The van der Waals surface area contributed by atoms with Crippen LogP contribution in [0.4, 0.5) is 0 Å². The Labute approximate surface area is 153 Å². The van der Waals surface area contributed by atoms with Gasteiger partial charge >= 0.3 is 0 Å². The van der Waals surface area contributed by atoms with Crippen molar-refractivity contribution in [3.8, 4) is 22.4 Å². The molecular formula is C20H16N6O. The number of aromatic nitrogens is 6. The smallest absolute Gasteiger partial charge is 0.259 e. The van der Waals surface area contributed by atoms with Gasteiger partial charge in [0.15, 0.2) is 0 Å². The van der Waals surface area contributed by atoms with E-state index in [9.17, 15) is 4.79 Å². The second-order valence-electron chi connectivity index (χ2n) is 6.54. The molecule has 0 bridgehead atoms. The number of nitrogens with zero attached hydrogens (tertiary/aromatic N) is 5. The van der Waals surface area contributed by atoms with Gasteiger partial charge < -0.3 is 4.98 Å². The molecular weight excluding hydrogens is 340 g/mol. The molecule has 0 saturated heterocycles. The molecule has 0 aliphatic rings. The highest BCUT2D eigenvalue weighted by Gasteiger charge is 2.18. The van der Waals surface area contributed by atoms with Crippen LogP contribution in [0.5, 0.6) is 0 Å². The molecule has 0 fully saturated rings. The zero-order valence-electron chi connectivity index (χ0n) is 14.8. The number of pyridine rings is 1. The number of hydrogen-bond donors (Lipinski definition) is 1. The number of hydrogen-bond acceptors (Lipinski definition) is 4. The standard InChI is InChI=1S/C20H16N6O/c1-12-7-8-21-18(13-9-22-25(2)11-13)17(12)15-10-23-26-16-6-4-3-5-14(16)20(27)24-19(15)26/h3-11H,1-2H3,(H,24,27).